The summed E-state index contributed by atoms with van der Waals surface area (Å²) in [5.74, 6) is 1.32. The van der Waals surface area contributed by atoms with Crippen LogP contribution in [-0.4, -0.2) is 38.1 Å². The molecule has 0 saturated carbocycles. The molecule has 2 atom stereocenters. The molecule has 0 spiro atoms. The summed E-state index contributed by atoms with van der Waals surface area (Å²) >= 11 is 0. The van der Waals surface area contributed by atoms with Crippen LogP contribution in [0.25, 0.3) is 0 Å². The maximum absolute atomic E-state index is 11.7. The molecule has 1 aromatic rings. The SMILES string of the molecule is COc1ccc([C@H]2C[C@@H](N)C(=O)N2C)cc1OC. The number of amides is 1. The highest BCUT2D eigenvalue weighted by Gasteiger charge is 2.35. The number of nitrogens with zero attached hydrogens (tertiary/aromatic N) is 1. The summed E-state index contributed by atoms with van der Waals surface area (Å²) in [4.78, 5) is 13.4. The number of nitrogens with two attached hydrogens (primary N) is 1. The molecule has 1 aromatic carbocycles. The summed E-state index contributed by atoms with van der Waals surface area (Å²) in [7, 11) is 4.96. The summed E-state index contributed by atoms with van der Waals surface area (Å²) in [6, 6.07) is 5.27. The zero-order chi connectivity index (χ0) is 13.3. The van der Waals surface area contributed by atoms with Crippen molar-refractivity contribution >= 4 is 5.91 Å². The van der Waals surface area contributed by atoms with Gasteiger partial charge in [-0.1, -0.05) is 6.07 Å². The van der Waals surface area contributed by atoms with Crippen molar-refractivity contribution in [1.82, 2.24) is 4.90 Å². The molecule has 0 bridgehead atoms. The predicted molar refractivity (Wildman–Crippen MR) is 67.6 cm³/mol. The van der Waals surface area contributed by atoms with Gasteiger partial charge in [0.15, 0.2) is 11.5 Å². The van der Waals surface area contributed by atoms with Crippen molar-refractivity contribution in [3.63, 3.8) is 0 Å². The number of rotatable bonds is 3. The third kappa shape index (κ3) is 2.01. The zero-order valence-electron chi connectivity index (χ0n) is 10.8. The van der Waals surface area contributed by atoms with Gasteiger partial charge >= 0.3 is 0 Å². The first kappa shape index (κ1) is 12.7. The van der Waals surface area contributed by atoms with Crippen LogP contribution < -0.4 is 15.2 Å². The fourth-order valence-corrected chi connectivity index (χ4v) is 2.33. The van der Waals surface area contributed by atoms with Crippen molar-refractivity contribution in [3.8, 4) is 11.5 Å². The van der Waals surface area contributed by atoms with Gasteiger partial charge < -0.3 is 20.1 Å². The number of likely N-dealkylation sites (N-methyl/N-ethyl adjacent to an activating group) is 1. The van der Waals surface area contributed by atoms with Gasteiger partial charge in [0.25, 0.3) is 0 Å². The quantitative estimate of drug-likeness (QED) is 0.867. The first-order chi connectivity index (χ1) is 8.58. The van der Waals surface area contributed by atoms with Crippen molar-refractivity contribution in [1.29, 1.82) is 0 Å². The number of hydrogen-bond acceptors (Lipinski definition) is 4. The summed E-state index contributed by atoms with van der Waals surface area (Å²) < 4.78 is 10.5. The summed E-state index contributed by atoms with van der Waals surface area (Å²) in [5.41, 5.74) is 6.79. The van der Waals surface area contributed by atoms with Crippen molar-refractivity contribution in [2.24, 2.45) is 5.73 Å². The van der Waals surface area contributed by atoms with Gasteiger partial charge in [-0.15, -0.1) is 0 Å². The Morgan fingerprint density at radius 3 is 2.44 bits per heavy atom. The van der Waals surface area contributed by atoms with Crippen LogP contribution in [-0.2, 0) is 4.79 Å². The number of benzene rings is 1. The predicted octanol–water partition coefficient (Wildman–Crippen LogP) is 0.934. The minimum Gasteiger partial charge on any atom is -0.493 e. The number of likely N-dealkylation sites (tertiary alicyclic amines) is 1. The average molecular weight is 250 g/mol. The van der Waals surface area contributed by atoms with E-state index in [9.17, 15) is 4.79 Å². The molecular formula is C13H18N2O3. The van der Waals surface area contributed by atoms with Crippen molar-refractivity contribution < 1.29 is 14.3 Å². The number of carbonyl (C=O) groups is 1. The van der Waals surface area contributed by atoms with Gasteiger partial charge in [0.1, 0.15) is 0 Å². The van der Waals surface area contributed by atoms with Gasteiger partial charge in [-0.3, -0.25) is 4.79 Å². The van der Waals surface area contributed by atoms with E-state index >= 15 is 0 Å². The Hall–Kier alpha value is -1.75. The van der Waals surface area contributed by atoms with E-state index in [0.29, 0.717) is 17.9 Å². The molecule has 1 amide bonds. The Morgan fingerprint density at radius 1 is 1.28 bits per heavy atom. The van der Waals surface area contributed by atoms with Crippen molar-refractivity contribution in [2.45, 2.75) is 18.5 Å². The van der Waals surface area contributed by atoms with Gasteiger partial charge in [0, 0.05) is 7.05 Å². The topological polar surface area (TPSA) is 64.8 Å². The third-order valence-electron chi connectivity index (χ3n) is 3.40. The zero-order valence-corrected chi connectivity index (χ0v) is 10.8. The van der Waals surface area contributed by atoms with E-state index in [2.05, 4.69) is 0 Å². The van der Waals surface area contributed by atoms with Gasteiger partial charge in [0.2, 0.25) is 5.91 Å². The molecule has 2 rings (SSSR count). The monoisotopic (exact) mass is 250 g/mol. The van der Waals surface area contributed by atoms with Crippen LogP contribution in [0.3, 0.4) is 0 Å². The smallest absolute Gasteiger partial charge is 0.239 e. The van der Waals surface area contributed by atoms with Crippen molar-refractivity contribution in [3.05, 3.63) is 23.8 Å². The highest BCUT2D eigenvalue weighted by molar-refractivity contribution is 5.84. The molecule has 98 valence electrons. The van der Waals surface area contributed by atoms with E-state index in [1.165, 1.54) is 0 Å². The summed E-state index contributed by atoms with van der Waals surface area (Å²) in [6.45, 7) is 0. The molecule has 1 aliphatic heterocycles. The first-order valence-corrected chi connectivity index (χ1v) is 5.82. The fraction of sp³-hybridized carbons (Fsp3) is 0.462. The Kier molecular flexibility index (Phi) is 3.43. The van der Waals surface area contributed by atoms with Crippen LogP contribution in [0.5, 0.6) is 11.5 Å². The second kappa shape index (κ2) is 4.86. The Balaban J connectivity index is 2.32. The lowest BCUT2D eigenvalue weighted by atomic mass is 10.0. The van der Waals surface area contributed by atoms with E-state index in [-0.39, 0.29) is 11.9 Å². The van der Waals surface area contributed by atoms with Crippen LogP contribution in [0.4, 0.5) is 0 Å². The standard InChI is InChI=1S/C13H18N2O3/c1-15-10(7-9(14)13(15)16)8-4-5-11(17-2)12(6-8)18-3/h4-6,9-10H,7,14H2,1-3H3/t9-,10-/m1/s1. The summed E-state index contributed by atoms with van der Waals surface area (Å²) in [5, 5.41) is 0. The molecule has 1 aliphatic rings. The molecule has 0 unspecified atom stereocenters. The molecule has 0 radical (unpaired) electrons. The van der Waals surface area contributed by atoms with Gasteiger partial charge in [-0.05, 0) is 24.1 Å². The lowest BCUT2D eigenvalue weighted by molar-refractivity contribution is -0.128. The van der Waals surface area contributed by atoms with E-state index in [1.54, 1.807) is 26.2 Å². The molecule has 5 nitrogen and oxygen atoms in total. The van der Waals surface area contributed by atoms with E-state index in [1.807, 2.05) is 18.2 Å². The fourth-order valence-electron chi connectivity index (χ4n) is 2.33. The molecule has 0 aliphatic carbocycles. The number of methoxy groups -OCH3 is 2. The lowest BCUT2D eigenvalue weighted by Gasteiger charge is -2.21. The highest BCUT2D eigenvalue weighted by Crippen LogP contribution is 2.36. The first-order valence-electron chi connectivity index (χ1n) is 5.82. The minimum atomic E-state index is -0.409. The minimum absolute atomic E-state index is 0.00676. The van der Waals surface area contributed by atoms with Gasteiger partial charge in [-0.25, -0.2) is 0 Å². The highest BCUT2D eigenvalue weighted by atomic mass is 16.5. The van der Waals surface area contributed by atoms with Crippen LogP contribution in [0.15, 0.2) is 18.2 Å². The molecule has 0 aromatic heterocycles. The molecule has 2 N–H and O–H groups in total. The van der Waals surface area contributed by atoms with Crippen molar-refractivity contribution in [2.75, 3.05) is 21.3 Å². The maximum Gasteiger partial charge on any atom is 0.239 e. The van der Waals surface area contributed by atoms with Crippen LogP contribution in [0.1, 0.15) is 18.0 Å². The molecule has 1 heterocycles. The summed E-state index contributed by atoms with van der Waals surface area (Å²) in [6.07, 6.45) is 0.630. The molecule has 1 fully saturated rings. The maximum atomic E-state index is 11.7. The number of ether oxygens (including phenoxy) is 2. The lowest BCUT2D eigenvalue weighted by Crippen LogP contribution is -2.31. The normalized spacial score (nSPS) is 23.3. The van der Waals surface area contributed by atoms with Crippen LogP contribution in [0, 0.1) is 0 Å². The Bertz CT molecular complexity index is 462. The number of carbonyl (C=O) groups excluding carboxylic acids is 1. The molecule has 18 heavy (non-hydrogen) atoms. The molecule has 5 heteroatoms. The van der Waals surface area contributed by atoms with Crippen LogP contribution in [0.2, 0.25) is 0 Å². The average Bonchev–Trinajstić information content (AvgIpc) is 2.65. The Morgan fingerprint density at radius 2 is 1.94 bits per heavy atom. The third-order valence-corrected chi connectivity index (χ3v) is 3.40. The largest absolute Gasteiger partial charge is 0.493 e. The van der Waals surface area contributed by atoms with Gasteiger partial charge in [-0.2, -0.15) is 0 Å². The van der Waals surface area contributed by atoms with E-state index in [4.69, 9.17) is 15.2 Å². The number of hydrogen-bond donors (Lipinski definition) is 1. The van der Waals surface area contributed by atoms with Gasteiger partial charge in [0.05, 0.1) is 26.3 Å². The van der Waals surface area contributed by atoms with E-state index in [0.717, 1.165) is 5.56 Å². The van der Waals surface area contributed by atoms with E-state index < -0.39 is 6.04 Å². The Labute approximate surface area is 106 Å². The second-order valence-electron chi connectivity index (χ2n) is 4.42. The molecule has 1 saturated heterocycles. The second-order valence-corrected chi connectivity index (χ2v) is 4.42. The molecular weight excluding hydrogens is 232 g/mol. The van der Waals surface area contributed by atoms with Crippen LogP contribution >= 0.6 is 0 Å².